The van der Waals surface area contributed by atoms with Gasteiger partial charge < -0.3 is 4.98 Å². The van der Waals surface area contributed by atoms with Gasteiger partial charge in [-0.1, -0.05) is 23.2 Å². The molecule has 8 nitrogen and oxygen atoms in total. The minimum Gasteiger partial charge on any atom is -0.334 e. The van der Waals surface area contributed by atoms with Crippen LogP contribution < -0.4 is 9.86 Å². The molecule has 0 spiro atoms. The summed E-state index contributed by atoms with van der Waals surface area (Å²) in [5.41, 5.74) is -0.166. The molecule has 0 atom stereocenters. The summed E-state index contributed by atoms with van der Waals surface area (Å²) in [6.07, 6.45) is 2.27. The van der Waals surface area contributed by atoms with Crippen molar-refractivity contribution >= 4 is 48.9 Å². The van der Waals surface area contributed by atoms with Crippen LogP contribution in [0.3, 0.4) is 0 Å². The number of anilines is 1. The van der Waals surface area contributed by atoms with Crippen LogP contribution in [0, 0.1) is 0 Å². The molecule has 0 aliphatic heterocycles. The van der Waals surface area contributed by atoms with E-state index in [-0.39, 0.29) is 25.7 Å². The largest absolute Gasteiger partial charge is 0.334 e. The molecule has 1 heterocycles. The van der Waals surface area contributed by atoms with E-state index in [0.717, 1.165) is 18.3 Å². The number of rotatable bonds is 4. The molecule has 0 bridgehead atoms. The first kappa shape index (κ1) is 16.0. The predicted molar refractivity (Wildman–Crippen MR) is 77.2 cm³/mol. The number of nitrogens with zero attached hydrogens (tertiary/aromatic N) is 1. The minimum absolute atomic E-state index is 0.166. The predicted octanol–water partition coefficient (Wildman–Crippen LogP) is 1.16. The summed E-state index contributed by atoms with van der Waals surface area (Å²) < 4.78 is 48.6. The van der Waals surface area contributed by atoms with Gasteiger partial charge in [0.1, 0.15) is 0 Å². The second kappa shape index (κ2) is 5.46. The third kappa shape index (κ3) is 3.47. The third-order valence-electron chi connectivity index (χ3n) is 2.34. The number of nitrogens with one attached hydrogen (secondary N) is 2. The van der Waals surface area contributed by atoms with Crippen molar-refractivity contribution in [2.75, 3.05) is 4.72 Å². The zero-order valence-corrected chi connectivity index (χ0v) is 13.2. The van der Waals surface area contributed by atoms with Crippen LogP contribution in [-0.2, 0) is 20.0 Å². The lowest BCUT2D eigenvalue weighted by molar-refractivity contribution is 0.597. The molecular weight excluding hydrogens is 363 g/mol. The standard InChI is InChI=1S/C9H8Cl2N4O4S2/c10-6-1-5(20(12,16)17)2-7(11)9(6)15-21(18,19)8-3-13-4-14-8/h1-4,15H,(H,13,14)(H2,12,16,17). The van der Waals surface area contributed by atoms with Crippen molar-refractivity contribution in [1.82, 2.24) is 9.97 Å². The van der Waals surface area contributed by atoms with Crippen LogP contribution in [0.1, 0.15) is 0 Å². The number of H-pyrrole nitrogens is 1. The monoisotopic (exact) mass is 370 g/mol. The first-order chi connectivity index (χ1) is 9.61. The van der Waals surface area contributed by atoms with Crippen LogP contribution >= 0.6 is 23.2 Å². The summed E-state index contributed by atoms with van der Waals surface area (Å²) in [5.74, 6) is 0. The summed E-state index contributed by atoms with van der Waals surface area (Å²) in [7, 11) is -7.99. The minimum atomic E-state index is -4.01. The third-order valence-corrected chi connectivity index (χ3v) is 5.11. The Morgan fingerprint density at radius 2 is 1.71 bits per heavy atom. The number of hydrogen-bond acceptors (Lipinski definition) is 5. The lowest BCUT2D eigenvalue weighted by Gasteiger charge is -2.11. The summed E-state index contributed by atoms with van der Waals surface area (Å²) in [4.78, 5) is 5.66. The van der Waals surface area contributed by atoms with Crippen molar-refractivity contribution < 1.29 is 16.8 Å². The molecule has 2 aromatic rings. The maximum atomic E-state index is 12.0. The van der Waals surface area contributed by atoms with Crippen molar-refractivity contribution in [2.24, 2.45) is 5.14 Å². The van der Waals surface area contributed by atoms with Crippen LogP contribution in [0.5, 0.6) is 0 Å². The Morgan fingerprint density at radius 1 is 1.14 bits per heavy atom. The SMILES string of the molecule is NS(=O)(=O)c1cc(Cl)c(NS(=O)(=O)c2cnc[nH]2)c(Cl)c1. The fraction of sp³-hybridized carbons (Fsp3) is 0. The molecule has 0 radical (unpaired) electrons. The molecule has 21 heavy (non-hydrogen) atoms. The van der Waals surface area contributed by atoms with Gasteiger partial charge in [0.2, 0.25) is 10.0 Å². The second-order valence-electron chi connectivity index (χ2n) is 3.83. The molecule has 4 N–H and O–H groups in total. The number of aromatic nitrogens is 2. The summed E-state index contributed by atoms with van der Waals surface area (Å²) in [5, 5.41) is 4.32. The van der Waals surface area contributed by atoms with Crippen LogP contribution in [0.15, 0.2) is 34.6 Å². The van der Waals surface area contributed by atoms with E-state index in [2.05, 4.69) is 14.7 Å². The first-order valence-corrected chi connectivity index (χ1v) is 8.93. The van der Waals surface area contributed by atoms with Crippen molar-refractivity contribution in [1.29, 1.82) is 0 Å². The zero-order chi connectivity index (χ0) is 15.8. The highest BCUT2D eigenvalue weighted by atomic mass is 35.5. The van der Waals surface area contributed by atoms with E-state index < -0.39 is 20.0 Å². The Hall–Kier alpha value is -1.33. The fourth-order valence-electron chi connectivity index (χ4n) is 1.39. The van der Waals surface area contributed by atoms with Gasteiger partial charge in [-0.25, -0.2) is 18.5 Å². The average molecular weight is 371 g/mol. The topological polar surface area (TPSA) is 135 Å². The molecule has 0 aliphatic carbocycles. The molecule has 2 rings (SSSR count). The number of nitrogens with two attached hydrogens (primary N) is 1. The molecule has 0 amide bonds. The van der Waals surface area contributed by atoms with E-state index in [1.54, 1.807) is 0 Å². The van der Waals surface area contributed by atoms with Gasteiger partial charge in [0.15, 0.2) is 5.03 Å². The van der Waals surface area contributed by atoms with Crippen LogP contribution in [0.2, 0.25) is 10.0 Å². The Balaban J connectivity index is 2.48. The van der Waals surface area contributed by atoms with Crippen molar-refractivity contribution in [3.63, 3.8) is 0 Å². The number of primary sulfonamides is 1. The van der Waals surface area contributed by atoms with Gasteiger partial charge in [0, 0.05) is 0 Å². The van der Waals surface area contributed by atoms with E-state index in [0.29, 0.717) is 0 Å². The Kier molecular flexibility index (Phi) is 4.17. The van der Waals surface area contributed by atoms with E-state index >= 15 is 0 Å². The van der Waals surface area contributed by atoms with Gasteiger partial charge in [-0.05, 0) is 12.1 Å². The molecular formula is C9H8Cl2N4O4S2. The molecule has 0 fully saturated rings. The Bertz CT molecular complexity index is 855. The van der Waals surface area contributed by atoms with Crippen LogP contribution in [0.25, 0.3) is 0 Å². The van der Waals surface area contributed by atoms with Gasteiger partial charge in [0.25, 0.3) is 10.0 Å². The molecule has 114 valence electrons. The average Bonchev–Trinajstić information content (AvgIpc) is 2.86. The van der Waals surface area contributed by atoms with E-state index in [1.807, 2.05) is 0 Å². The maximum absolute atomic E-state index is 12.0. The van der Waals surface area contributed by atoms with Crippen molar-refractivity contribution in [3.8, 4) is 0 Å². The lowest BCUT2D eigenvalue weighted by atomic mass is 10.3. The van der Waals surface area contributed by atoms with Gasteiger partial charge in [-0.15, -0.1) is 0 Å². The quantitative estimate of drug-likeness (QED) is 0.741. The van der Waals surface area contributed by atoms with Gasteiger partial charge in [-0.3, -0.25) is 4.72 Å². The van der Waals surface area contributed by atoms with Gasteiger partial charge >= 0.3 is 0 Å². The smallest absolute Gasteiger partial charge is 0.279 e. The number of benzene rings is 1. The maximum Gasteiger partial charge on any atom is 0.279 e. The van der Waals surface area contributed by atoms with Crippen LogP contribution in [-0.4, -0.2) is 26.8 Å². The molecule has 0 aliphatic rings. The molecule has 0 saturated heterocycles. The van der Waals surface area contributed by atoms with Crippen LogP contribution in [0.4, 0.5) is 5.69 Å². The van der Waals surface area contributed by atoms with E-state index in [1.165, 1.54) is 6.33 Å². The second-order valence-corrected chi connectivity index (χ2v) is 7.85. The normalized spacial score (nSPS) is 12.3. The molecule has 1 aromatic carbocycles. The van der Waals surface area contributed by atoms with E-state index in [4.69, 9.17) is 28.3 Å². The number of imidazole rings is 1. The number of hydrogen-bond donors (Lipinski definition) is 3. The zero-order valence-electron chi connectivity index (χ0n) is 10.0. The highest BCUT2D eigenvalue weighted by Crippen LogP contribution is 2.34. The fourth-order valence-corrected chi connectivity index (χ4v) is 3.78. The lowest BCUT2D eigenvalue weighted by Crippen LogP contribution is -2.15. The number of aromatic amines is 1. The highest BCUT2D eigenvalue weighted by molar-refractivity contribution is 7.92. The molecule has 12 heteroatoms. The molecule has 1 aromatic heterocycles. The molecule has 0 unspecified atom stereocenters. The van der Waals surface area contributed by atoms with Gasteiger partial charge in [-0.2, -0.15) is 8.42 Å². The summed E-state index contributed by atoms with van der Waals surface area (Å²) in [6, 6.07) is 1.99. The highest BCUT2D eigenvalue weighted by Gasteiger charge is 2.21. The van der Waals surface area contributed by atoms with Gasteiger partial charge in [0.05, 0.1) is 33.2 Å². The first-order valence-electron chi connectivity index (χ1n) is 5.14. The number of halogens is 2. The Labute approximate surface area is 130 Å². The molecule has 0 saturated carbocycles. The summed E-state index contributed by atoms with van der Waals surface area (Å²) in [6.45, 7) is 0. The Morgan fingerprint density at radius 3 is 2.14 bits per heavy atom. The number of sulfonamides is 2. The van der Waals surface area contributed by atoms with Crippen molar-refractivity contribution in [3.05, 3.63) is 34.7 Å². The summed E-state index contributed by atoms with van der Waals surface area (Å²) >= 11 is 11.7. The van der Waals surface area contributed by atoms with E-state index in [9.17, 15) is 16.8 Å². The van der Waals surface area contributed by atoms with Crippen molar-refractivity contribution in [2.45, 2.75) is 9.92 Å².